The van der Waals surface area contributed by atoms with Crippen LogP contribution in [-0.4, -0.2) is 12.0 Å². The fourth-order valence-corrected chi connectivity index (χ4v) is 1.94. The van der Waals surface area contributed by atoms with Crippen LogP contribution in [0.25, 0.3) is 0 Å². The van der Waals surface area contributed by atoms with E-state index in [1.807, 2.05) is 19.3 Å². The van der Waals surface area contributed by atoms with Gasteiger partial charge in [0.1, 0.15) is 0 Å². The average Bonchev–Trinajstić information content (AvgIpc) is 2.46. The molecule has 19 heavy (non-hydrogen) atoms. The lowest BCUT2D eigenvalue weighted by molar-refractivity contribution is 0.675. The molecule has 0 aliphatic rings. The summed E-state index contributed by atoms with van der Waals surface area (Å²) in [5, 5.41) is 0. The molecule has 0 aliphatic carbocycles. The molecular weight excluding hydrogens is 234 g/mol. The van der Waals surface area contributed by atoms with Crippen LogP contribution >= 0.6 is 0 Å². The van der Waals surface area contributed by atoms with Gasteiger partial charge in [0.15, 0.2) is 0 Å². The molecule has 1 heterocycles. The highest BCUT2D eigenvalue weighted by Gasteiger charge is 2.07. The summed E-state index contributed by atoms with van der Waals surface area (Å²) in [6, 6.07) is 12.5. The second kappa shape index (κ2) is 5.85. The zero-order valence-electron chi connectivity index (χ0n) is 11.8. The molecule has 2 rings (SSSR count). The van der Waals surface area contributed by atoms with E-state index in [-0.39, 0.29) is 6.04 Å². The Hall–Kier alpha value is -1.87. The number of anilines is 2. The van der Waals surface area contributed by atoms with E-state index in [0.29, 0.717) is 0 Å². The highest BCUT2D eigenvalue weighted by atomic mass is 15.1. The van der Waals surface area contributed by atoms with Crippen molar-refractivity contribution in [3.05, 3.63) is 53.9 Å². The van der Waals surface area contributed by atoms with Crippen LogP contribution in [0.2, 0.25) is 0 Å². The van der Waals surface area contributed by atoms with Gasteiger partial charge >= 0.3 is 0 Å². The number of hydrogen-bond acceptors (Lipinski definition) is 3. The first kappa shape index (κ1) is 13.6. The number of benzene rings is 1. The molecule has 1 atom stereocenters. The summed E-state index contributed by atoms with van der Waals surface area (Å²) in [7, 11) is 2.04. The molecule has 0 saturated carbocycles. The number of aromatic nitrogens is 1. The van der Waals surface area contributed by atoms with Crippen molar-refractivity contribution in [1.82, 2.24) is 4.98 Å². The van der Waals surface area contributed by atoms with Crippen LogP contribution in [0.3, 0.4) is 0 Å². The number of nitrogens with two attached hydrogens (primary N) is 1. The monoisotopic (exact) mass is 255 g/mol. The summed E-state index contributed by atoms with van der Waals surface area (Å²) < 4.78 is 0. The molecule has 1 aromatic carbocycles. The lowest BCUT2D eigenvalue weighted by atomic mass is 10.1. The highest BCUT2D eigenvalue weighted by Crippen LogP contribution is 2.24. The molecule has 0 amide bonds. The van der Waals surface area contributed by atoms with Gasteiger partial charge in [-0.3, -0.25) is 4.98 Å². The Bertz CT molecular complexity index is 517. The Morgan fingerprint density at radius 1 is 1.11 bits per heavy atom. The van der Waals surface area contributed by atoms with E-state index in [0.717, 1.165) is 23.5 Å². The minimum absolute atomic E-state index is 0.0266. The summed E-state index contributed by atoms with van der Waals surface area (Å²) >= 11 is 0. The van der Waals surface area contributed by atoms with Gasteiger partial charge in [0.05, 0.1) is 17.6 Å². The number of rotatable bonds is 4. The first-order valence-electron chi connectivity index (χ1n) is 6.63. The molecule has 2 N–H and O–H groups in total. The summed E-state index contributed by atoms with van der Waals surface area (Å²) in [6.45, 7) is 4.16. The van der Waals surface area contributed by atoms with Crippen molar-refractivity contribution in [3.63, 3.8) is 0 Å². The van der Waals surface area contributed by atoms with Gasteiger partial charge in [-0.2, -0.15) is 0 Å². The van der Waals surface area contributed by atoms with Crippen LogP contribution in [-0.2, 0) is 0 Å². The van der Waals surface area contributed by atoms with Gasteiger partial charge < -0.3 is 10.6 Å². The standard InChI is InChI=1S/C16H21N3/c1-4-15(17)16-10-9-14(11-18-16)19(3)13-7-5-12(2)6-8-13/h5-11,15H,4,17H2,1-3H3/t15-/m0/s1. The normalized spacial score (nSPS) is 12.2. The third-order valence-electron chi connectivity index (χ3n) is 3.40. The second-order valence-electron chi connectivity index (χ2n) is 4.85. The lowest BCUT2D eigenvalue weighted by Gasteiger charge is -2.20. The van der Waals surface area contributed by atoms with Gasteiger partial charge in [0.2, 0.25) is 0 Å². The van der Waals surface area contributed by atoms with Gasteiger partial charge in [-0.25, -0.2) is 0 Å². The third kappa shape index (κ3) is 3.12. The van der Waals surface area contributed by atoms with Crippen molar-refractivity contribution in [1.29, 1.82) is 0 Å². The fourth-order valence-electron chi connectivity index (χ4n) is 1.94. The zero-order chi connectivity index (χ0) is 13.8. The summed E-state index contributed by atoms with van der Waals surface area (Å²) in [5.74, 6) is 0. The number of pyridine rings is 1. The molecule has 0 aliphatic heterocycles. The Kier molecular flexibility index (Phi) is 4.17. The minimum atomic E-state index is 0.0266. The first-order chi connectivity index (χ1) is 9.11. The van der Waals surface area contributed by atoms with E-state index in [2.05, 4.69) is 54.1 Å². The van der Waals surface area contributed by atoms with E-state index in [9.17, 15) is 0 Å². The highest BCUT2D eigenvalue weighted by molar-refractivity contribution is 5.61. The van der Waals surface area contributed by atoms with Crippen molar-refractivity contribution < 1.29 is 0 Å². The zero-order valence-corrected chi connectivity index (χ0v) is 11.8. The Balaban J connectivity index is 2.19. The molecule has 0 saturated heterocycles. The SMILES string of the molecule is CC[C@H](N)c1ccc(N(C)c2ccc(C)cc2)cn1. The summed E-state index contributed by atoms with van der Waals surface area (Å²) in [5.41, 5.74) is 10.4. The van der Waals surface area contributed by atoms with E-state index in [4.69, 9.17) is 5.73 Å². The van der Waals surface area contributed by atoms with E-state index < -0.39 is 0 Å². The molecule has 0 fully saturated rings. The molecule has 0 unspecified atom stereocenters. The van der Waals surface area contributed by atoms with Crippen molar-refractivity contribution in [2.45, 2.75) is 26.3 Å². The van der Waals surface area contributed by atoms with Crippen LogP contribution < -0.4 is 10.6 Å². The Morgan fingerprint density at radius 2 is 1.74 bits per heavy atom. The summed E-state index contributed by atoms with van der Waals surface area (Å²) in [6.07, 6.45) is 2.78. The quantitative estimate of drug-likeness (QED) is 0.908. The molecule has 0 radical (unpaired) electrons. The van der Waals surface area contributed by atoms with Crippen LogP contribution in [0, 0.1) is 6.92 Å². The van der Waals surface area contributed by atoms with E-state index >= 15 is 0 Å². The first-order valence-corrected chi connectivity index (χ1v) is 6.63. The third-order valence-corrected chi connectivity index (χ3v) is 3.40. The van der Waals surface area contributed by atoms with Crippen LogP contribution in [0.5, 0.6) is 0 Å². The van der Waals surface area contributed by atoms with Crippen LogP contribution in [0.4, 0.5) is 11.4 Å². The van der Waals surface area contributed by atoms with Crippen molar-refractivity contribution in [2.75, 3.05) is 11.9 Å². The maximum atomic E-state index is 5.97. The average molecular weight is 255 g/mol. The minimum Gasteiger partial charge on any atom is -0.343 e. The van der Waals surface area contributed by atoms with Crippen LogP contribution in [0.15, 0.2) is 42.6 Å². The number of nitrogens with zero attached hydrogens (tertiary/aromatic N) is 2. The summed E-state index contributed by atoms with van der Waals surface area (Å²) in [4.78, 5) is 6.57. The largest absolute Gasteiger partial charge is 0.343 e. The molecular formula is C16H21N3. The predicted molar refractivity (Wildman–Crippen MR) is 80.7 cm³/mol. The molecule has 0 spiro atoms. The Labute approximate surface area is 115 Å². The maximum absolute atomic E-state index is 5.97. The predicted octanol–water partition coefficient (Wildman–Crippen LogP) is 3.57. The van der Waals surface area contributed by atoms with Gasteiger partial charge in [-0.1, -0.05) is 24.6 Å². The Morgan fingerprint density at radius 3 is 2.26 bits per heavy atom. The molecule has 3 heteroatoms. The van der Waals surface area contributed by atoms with Gasteiger partial charge in [0, 0.05) is 18.8 Å². The molecule has 3 nitrogen and oxygen atoms in total. The maximum Gasteiger partial charge on any atom is 0.0594 e. The fraction of sp³-hybridized carbons (Fsp3) is 0.312. The topological polar surface area (TPSA) is 42.1 Å². The lowest BCUT2D eigenvalue weighted by Crippen LogP contribution is -2.13. The van der Waals surface area contributed by atoms with E-state index in [1.54, 1.807) is 0 Å². The van der Waals surface area contributed by atoms with Gasteiger partial charge in [0.25, 0.3) is 0 Å². The molecule has 0 bridgehead atoms. The van der Waals surface area contributed by atoms with Gasteiger partial charge in [-0.15, -0.1) is 0 Å². The van der Waals surface area contributed by atoms with Crippen LogP contribution in [0.1, 0.15) is 30.6 Å². The molecule has 100 valence electrons. The second-order valence-corrected chi connectivity index (χ2v) is 4.85. The number of hydrogen-bond donors (Lipinski definition) is 1. The molecule has 1 aromatic heterocycles. The van der Waals surface area contributed by atoms with E-state index in [1.165, 1.54) is 5.56 Å². The van der Waals surface area contributed by atoms with Crippen molar-refractivity contribution in [3.8, 4) is 0 Å². The number of aryl methyl sites for hydroxylation is 1. The van der Waals surface area contributed by atoms with Gasteiger partial charge in [-0.05, 0) is 37.6 Å². The smallest absolute Gasteiger partial charge is 0.0594 e. The molecule has 2 aromatic rings. The van der Waals surface area contributed by atoms with Crippen molar-refractivity contribution in [2.24, 2.45) is 5.73 Å². The van der Waals surface area contributed by atoms with Crippen molar-refractivity contribution >= 4 is 11.4 Å².